The van der Waals surface area contributed by atoms with E-state index in [1.54, 1.807) is 13.0 Å². The maximum atomic E-state index is 13.8. The molecule has 5 heteroatoms. The molecule has 0 spiro atoms. The minimum Gasteiger partial charge on any atom is -0.342 e. The summed E-state index contributed by atoms with van der Waals surface area (Å²) in [5, 5.41) is 8.87. The number of benzene rings is 1. The number of rotatable bonds is 2. The smallest absolute Gasteiger partial charge is 0.219 e. The van der Waals surface area contributed by atoms with Crippen LogP contribution in [0.3, 0.4) is 0 Å². The van der Waals surface area contributed by atoms with Crippen molar-refractivity contribution in [1.29, 1.82) is 5.26 Å². The lowest BCUT2D eigenvalue weighted by atomic mass is 10.1. The summed E-state index contributed by atoms with van der Waals surface area (Å²) < 4.78 is 13.8. The van der Waals surface area contributed by atoms with E-state index in [0.29, 0.717) is 24.2 Å². The van der Waals surface area contributed by atoms with Crippen molar-refractivity contribution in [3.8, 4) is 6.07 Å². The van der Waals surface area contributed by atoms with Gasteiger partial charge in [-0.25, -0.2) is 4.39 Å². The van der Waals surface area contributed by atoms with Crippen LogP contribution in [0.2, 0.25) is 0 Å². The van der Waals surface area contributed by atoms with Gasteiger partial charge in [0, 0.05) is 45.2 Å². The van der Waals surface area contributed by atoms with Gasteiger partial charge in [0.2, 0.25) is 5.91 Å². The molecular weight excluding hydrogens is 257 g/mol. The lowest BCUT2D eigenvalue weighted by Crippen LogP contribution is -2.33. The normalized spacial score (nSPS) is 16.6. The molecule has 0 aliphatic carbocycles. The first-order chi connectivity index (χ1) is 9.60. The van der Waals surface area contributed by atoms with Crippen molar-refractivity contribution in [3.05, 3.63) is 35.1 Å². The lowest BCUT2D eigenvalue weighted by Gasteiger charge is -2.21. The monoisotopic (exact) mass is 275 g/mol. The highest BCUT2D eigenvalue weighted by molar-refractivity contribution is 5.73. The zero-order chi connectivity index (χ0) is 14.5. The van der Waals surface area contributed by atoms with Crippen LogP contribution in [0.4, 0.5) is 4.39 Å². The Morgan fingerprint density at radius 3 is 2.85 bits per heavy atom. The van der Waals surface area contributed by atoms with Crippen LogP contribution in [0, 0.1) is 17.1 Å². The highest BCUT2D eigenvalue weighted by atomic mass is 19.1. The maximum Gasteiger partial charge on any atom is 0.219 e. The number of carbonyl (C=O) groups excluding carboxylic acids is 1. The first-order valence-corrected chi connectivity index (χ1v) is 6.76. The molecule has 0 aromatic heterocycles. The lowest BCUT2D eigenvalue weighted by molar-refractivity contribution is -0.128. The molecule has 1 fully saturated rings. The number of carbonyl (C=O) groups is 1. The summed E-state index contributed by atoms with van der Waals surface area (Å²) in [4.78, 5) is 15.3. The second-order valence-electron chi connectivity index (χ2n) is 5.05. The van der Waals surface area contributed by atoms with Gasteiger partial charge < -0.3 is 4.90 Å². The number of nitriles is 1. The first kappa shape index (κ1) is 14.5. The van der Waals surface area contributed by atoms with Crippen LogP contribution >= 0.6 is 0 Å². The van der Waals surface area contributed by atoms with Gasteiger partial charge in [0.25, 0.3) is 0 Å². The van der Waals surface area contributed by atoms with Gasteiger partial charge in [0.1, 0.15) is 5.82 Å². The SMILES string of the molecule is CC(=O)N1CCCN(Cc2cc(C#N)ccc2F)CC1. The molecule has 106 valence electrons. The fourth-order valence-corrected chi connectivity index (χ4v) is 2.45. The Morgan fingerprint density at radius 1 is 1.35 bits per heavy atom. The van der Waals surface area contributed by atoms with E-state index in [-0.39, 0.29) is 11.7 Å². The van der Waals surface area contributed by atoms with E-state index >= 15 is 0 Å². The van der Waals surface area contributed by atoms with Gasteiger partial charge in [-0.3, -0.25) is 9.69 Å². The molecule has 4 nitrogen and oxygen atoms in total. The van der Waals surface area contributed by atoms with Crippen LogP contribution in [0.1, 0.15) is 24.5 Å². The molecule has 1 saturated heterocycles. The van der Waals surface area contributed by atoms with Crippen molar-refractivity contribution in [3.63, 3.8) is 0 Å². The van der Waals surface area contributed by atoms with Gasteiger partial charge in [-0.1, -0.05) is 0 Å². The van der Waals surface area contributed by atoms with E-state index in [4.69, 9.17) is 5.26 Å². The van der Waals surface area contributed by atoms with E-state index in [1.165, 1.54) is 12.1 Å². The van der Waals surface area contributed by atoms with Crippen LogP contribution in [-0.4, -0.2) is 41.9 Å². The minimum atomic E-state index is -0.281. The molecule has 1 amide bonds. The molecule has 0 saturated carbocycles. The Morgan fingerprint density at radius 2 is 2.15 bits per heavy atom. The quantitative estimate of drug-likeness (QED) is 0.826. The molecular formula is C15H18FN3O. The van der Waals surface area contributed by atoms with Crippen LogP contribution in [0.5, 0.6) is 0 Å². The van der Waals surface area contributed by atoms with Crippen molar-refractivity contribution in [2.24, 2.45) is 0 Å². The number of nitrogens with zero attached hydrogens (tertiary/aromatic N) is 3. The first-order valence-electron chi connectivity index (χ1n) is 6.76. The van der Waals surface area contributed by atoms with Gasteiger partial charge in [-0.05, 0) is 24.6 Å². The van der Waals surface area contributed by atoms with E-state index in [9.17, 15) is 9.18 Å². The average molecular weight is 275 g/mol. The second kappa shape index (κ2) is 6.49. The highest BCUT2D eigenvalue weighted by Gasteiger charge is 2.17. The van der Waals surface area contributed by atoms with Crippen LogP contribution in [0.25, 0.3) is 0 Å². The molecule has 1 aromatic rings. The highest BCUT2D eigenvalue weighted by Crippen LogP contribution is 2.14. The number of amides is 1. The fraction of sp³-hybridized carbons (Fsp3) is 0.467. The molecule has 1 aliphatic rings. The summed E-state index contributed by atoms with van der Waals surface area (Å²) in [7, 11) is 0. The molecule has 1 aromatic carbocycles. The van der Waals surface area contributed by atoms with Crippen molar-refractivity contribution in [1.82, 2.24) is 9.80 Å². The van der Waals surface area contributed by atoms with Gasteiger partial charge in [0.15, 0.2) is 0 Å². The van der Waals surface area contributed by atoms with Crippen LogP contribution in [0.15, 0.2) is 18.2 Å². The molecule has 1 heterocycles. The van der Waals surface area contributed by atoms with Gasteiger partial charge >= 0.3 is 0 Å². The maximum absolute atomic E-state index is 13.8. The Kier molecular flexibility index (Phi) is 4.70. The van der Waals surface area contributed by atoms with E-state index < -0.39 is 0 Å². The number of hydrogen-bond acceptors (Lipinski definition) is 3. The standard InChI is InChI=1S/C15H18FN3O/c1-12(20)19-6-2-5-18(7-8-19)11-14-9-13(10-17)3-4-15(14)16/h3-4,9H,2,5-8,11H2,1H3. The Bertz CT molecular complexity index is 538. The largest absolute Gasteiger partial charge is 0.342 e. The van der Waals surface area contributed by atoms with Crippen molar-refractivity contribution in [2.45, 2.75) is 19.9 Å². The molecule has 20 heavy (non-hydrogen) atoms. The van der Waals surface area contributed by atoms with Gasteiger partial charge in [0.05, 0.1) is 11.6 Å². The van der Waals surface area contributed by atoms with Crippen LogP contribution in [-0.2, 0) is 11.3 Å². The number of hydrogen-bond donors (Lipinski definition) is 0. The molecule has 0 radical (unpaired) electrons. The van der Waals surface area contributed by atoms with Crippen molar-refractivity contribution in [2.75, 3.05) is 26.2 Å². The Hall–Kier alpha value is -1.93. The predicted octanol–water partition coefficient (Wildman–Crippen LogP) is 1.75. The summed E-state index contributed by atoms with van der Waals surface area (Å²) in [6.45, 7) is 5.05. The summed E-state index contributed by atoms with van der Waals surface area (Å²) in [5.74, 6) is -0.193. The topological polar surface area (TPSA) is 47.3 Å². The minimum absolute atomic E-state index is 0.0875. The average Bonchev–Trinajstić information content (AvgIpc) is 2.67. The number of halogens is 1. The molecule has 0 atom stereocenters. The Balaban J connectivity index is 2.03. The van der Waals surface area contributed by atoms with Gasteiger partial charge in [-0.2, -0.15) is 5.26 Å². The van der Waals surface area contributed by atoms with E-state index in [0.717, 1.165) is 26.1 Å². The molecule has 0 N–H and O–H groups in total. The van der Waals surface area contributed by atoms with Crippen molar-refractivity contribution >= 4 is 5.91 Å². The molecule has 0 unspecified atom stereocenters. The Labute approximate surface area is 118 Å². The van der Waals surface area contributed by atoms with Gasteiger partial charge in [-0.15, -0.1) is 0 Å². The second-order valence-corrected chi connectivity index (χ2v) is 5.05. The van der Waals surface area contributed by atoms with Crippen LogP contribution < -0.4 is 0 Å². The zero-order valence-corrected chi connectivity index (χ0v) is 11.6. The summed E-state index contributed by atoms with van der Waals surface area (Å²) in [6.07, 6.45) is 0.888. The molecule has 1 aliphatic heterocycles. The van der Waals surface area contributed by atoms with Crippen molar-refractivity contribution < 1.29 is 9.18 Å². The van der Waals surface area contributed by atoms with E-state index in [2.05, 4.69) is 4.90 Å². The third-order valence-corrected chi connectivity index (χ3v) is 3.60. The predicted molar refractivity (Wildman–Crippen MR) is 73.3 cm³/mol. The third kappa shape index (κ3) is 3.55. The zero-order valence-electron chi connectivity index (χ0n) is 11.6. The summed E-state index contributed by atoms with van der Waals surface area (Å²) >= 11 is 0. The van der Waals surface area contributed by atoms with E-state index in [1.807, 2.05) is 11.0 Å². The fourth-order valence-electron chi connectivity index (χ4n) is 2.45. The summed E-state index contributed by atoms with van der Waals surface area (Å²) in [6, 6.07) is 6.45. The summed E-state index contributed by atoms with van der Waals surface area (Å²) in [5.41, 5.74) is 1.02. The third-order valence-electron chi connectivity index (χ3n) is 3.60. The molecule has 2 rings (SSSR count). The molecule has 0 bridgehead atoms.